The maximum absolute atomic E-state index is 11.1. The molecule has 0 spiro atoms. The van der Waals surface area contributed by atoms with E-state index in [0.717, 1.165) is 0 Å². The van der Waals surface area contributed by atoms with Gasteiger partial charge in [0.05, 0.1) is 0 Å². The lowest BCUT2D eigenvalue weighted by Gasteiger charge is -1.97. The van der Waals surface area contributed by atoms with Crippen molar-refractivity contribution in [1.29, 1.82) is 0 Å². The molecule has 0 aliphatic carbocycles. The van der Waals surface area contributed by atoms with E-state index in [1.54, 1.807) is 13.0 Å². The second kappa shape index (κ2) is 3.19. The maximum Gasteiger partial charge on any atom is 0.270 e. The van der Waals surface area contributed by atoms with Crippen LogP contribution in [0.1, 0.15) is 16.1 Å². The second-order valence-electron chi connectivity index (χ2n) is 2.36. The number of carbonyl (C=O) groups is 1. The number of hydrogen-bond donors (Lipinski definition) is 3. The molecule has 1 rings (SSSR count). The van der Waals surface area contributed by atoms with E-state index in [-0.39, 0.29) is 5.56 Å². The molecule has 0 aliphatic rings. The van der Waals surface area contributed by atoms with Crippen LogP contribution in [-0.4, -0.2) is 10.9 Å². The van der Waals surface area contributed by atoms with Crippen LogP contribution in [0.3, 0.4) is 0 Å². The summed E-state index contributed by atoms with van der Waals surface area (Å²) >= 11 is 0. The lowest BCUT2D eigenvalue weighted by Crippen LogP contribution is -2.34. The fraction of sp³-hybridized carbons (Fsp3) is 0.143. The summed E-state index contributed by atoms with van der Waals surface area (Å²) < 4.78 is 0. The predicted molar refractivity (Wildman–Crippen MR) is 43.5 cm³/mol. The van der Waals surface area contributed by atoms with Gasteiger partial charge in [-0.15, -0.1) is 0 Å². The first-order chi connectivity index (χ1) is 5.65. The molecule has 1 aromatic rings. The maximum atomic E-state index is 11.1. The second-order valence-corrected chi connectivity index (χ2v) is 2.36. The number of pyridine rings is 1. The highest BCUT2D eigenvalue weighted by atomic mass is 16.2. The molecule has 12 heavy (non-hydrogen) atoms. The van der Waals surface area contributed by atoms with Crippen LogP contribution in [0.25, 0.3) is 0 Å². The smallest absolute Gasteiger partial charge is 0.270 e. The van der Waals surface area contributed by atoms with E-state index < -0.39 is 11.5 Å². The van der Waals surface area contributed by atoms with Crippen LogP contribution < -0.4 is 16.8 Å². The standard InChI is InChI=1S/C7H9N3O2/c1-4-2-3-5(6(11)9-4)7(12)10-8/h2-3H,8H2,1H3,(H,9,11)(H,10,12). The zero-order valence-electron chi connectivity index (χ0n) is 6.55. The van der Waals surface area contributed by atoms with Gasteiger partial charge in [0.2, 0.25) is 0 Å². The van der Waals surface area contributed by atoms with Gasteiger partial charge in [-0.2, -0.15) is 0 Å². The van der Waals surface area contributed by atoms with Crippen LogP contribution in [-0.2, 0) is 0 Å². The fourth-order valence-corrected chi connectivity index (χ4v) is 0.829. The molecule has 0 saturated heterocycles. The van der Waals surface area contributed by atoms with Crippen molar-refractivity contribution in [1.82, 2.24) is 10.4 Å². The van der Waals surface area contributed by atoms with Gasteiger partial charge in [0.15, 0.2) is 0 Å². The Morgan fingerprint density at radius 2 is 2.25 bits per heavy atom. The van der Waals surface area contributed by atoms with Crippen LogP contribution in [0.2, 0.25) is 0 Å². The first-order valence-electron chi connectivity index (χ1n) is 3.36. The average molecular weight is 167 g/mol. The SMILES string of the molecule is Cc1ccc(C(=O)NN)c(=O)[nH]1. The van der Waals surface area contributed by atoms with Gasteiger partial charge in [-0.25, -0.2) is 5.84 Å². The van der Waals surface area contributed by atoms with E-state index in [1.807, 2.05) is 5.43 Å². The number of rotatable bonds is 1. The zero-order chi connectivity index (χ0) is 9.14. The molecule has 0 atom stereocenters. The van der Waals surface area contributed by atoms with Gasteiger partial charge >= 0.3 is 0 Å². The van der Waals surface area contributed by atoms with Crippen molar-refractivity contribution < 1.29 is 4.79 Å². The lowest BCUT2D eigenvalue weighted by molar-refractivity contribution is 0.0952. The van der Waals surface area contributed by atoms with Crippen LogP contribution in [0.5, 0.6) is 0 Å². The van der Waals surface area contributed by atoms with Crippen LogP contribution in [0, 0.1) is 6.92 Å². The van der Waals surface area contributed by atoms with Gasteiger partial charge in [0, 0.05) is 5.69 Å². The highest BCUT2D eigenvalue weighted by molar-refractivity contribution is 5.93. The molecule has 5 nitrogen and oxygen atoms in total. The number of hydrazine groups is 1. The van der Waals surface area contributed by atoms with Gasteiger partial charge in [0.1, 0.15) is 5.56 Å². The number of H-pyrrole nitrogens is 1. The van der Waals surface area contributed by atoms with Crippen molar-refractivity contribution in [2.24, 2.45) is 5.84 Å². The summed E-state index contributed by atoms with van der Waals surface area (Å²) in [5, 5.41) is 0. The number of amides is 1. The Labute approximate surface area is 68.6 Å². The number of hydrogen-bond acceptors (Lipinski definition) is 3. The third kappa shape index (κ3) is 1.51. The Morgan fingerprint density at radius 3 is 2.75 bits per heavy atom. The van der Waals surface area contributed by atoms with E-state index >= 15 is 0 Å². The van der Waals surface area contributed by atoms with Gasteiger partial charge in [0.25, 0.3) is 11.5 Å². The summed E-state index contributed by atoms with van der Waals surface area (Å²) in [5.74, 6) is 4.27. The molecule has 0 bridgehead atoms. The molecular formula is C7H9N3O2. The van der Waals surface area contributed by atoms with Crippen molar-refractivity contribution in [2.75, 3.05) is 0 Å². The number of nitrogens with one attached hydrogen (secondary N) is 2. The first-order valence-corrected chi connectivity index (χ1v) is 3.36. The minimum atomic E-state index is -0.587. The monoisotopic (exact) mass is 167 g/mol. The summed E-state index contributed by atoms with van der Waals surface area (Å²) in [6.45, 7) is 1.73. The molecular weight excluding hydrogens is 158 g/mol. The van der Waals surface area contributed by atoms with Crippen LogP contribution in [0.15, 0.2) is 16.9 Å². The van der Waals surface area contributed by atoms with E-state index in [9.17, 15) is 9.59 Å². The van der Waals surface area contributed by atoms with Crippen molar-refractivity contribution >= 4 is 5.91 Å². The largest absolute Gasteiger partial charge is 0.326 e. The average Bonchev–Trinajstić information content (AvgIpc) is 2.03. The van der Waals surface area contributed by atoms with E-state index in [2.05, 4.69) is 4.98 Å². The van der Waals surface area contributed by atoms with Crippen LogP contribution >= 0.6 is 0 Å². The molecule has 4 N–H and O–H groups in total. The highest BCUT2D eigenvalue weighted by Crippen LogP contribution is 1.91. The molecule has 0 unspecified atom stereocenters. The fourth-order valence-electron chi connectivity index (χ4n) is 0.829. The number of aryl methyl sites for hydroxylation is 1. The molecule has 64 valence electrons. The normalized spacial score (nSPS) is 9.50. The Morgan fingerprint density at radius 1 is 1.58 bits per heavy atom. The molecule has 1 aromatic heterocycles. The molecule has 0 radical (unpaired) electrons. The lowest BCUT2D eigenvalue weighted by atomic mass is 10.2. The van der Waals surface area contributed by atoms with E-state index in [4.69, 9.17) is 5.84 Å². The molecule has 5 heteroatoms. The summed E-state index contributed by atoms with van der Waals surface area (Å²) in [6.07, 6.45) is 0. The summed E-state index contributed by atoms with van der Waals surface area (Å²) in [6, 6.07) is 3.06. The third-order valence-electron chi connectivity index (χ3n) is 1.43. The minimum absolute atomic E-state index is 0.0168. The Balaban J connectivity index is 3.19. The summed E-state index contributed by atoms with van der Waals surface area (Å²) in [7, 11) is 0. The summed E-state index contributed by atoms with van der Waals surface area (Å²) in [5.41, 5.74) is 2.17. The molecule has 1 heterocycles. The van der Waals surface area contributed by atoms with Crippen molar-refractivity contribution in [3.8, 4) is 0 Å². The Hall–Kier alpha value is -1.62. The summed E-state index contributed by atoms with van der Waals surface area (Å²) in [4.78, 5) is 24.4. The first kappa shape index (κ1) is 8.48. The number of carbonyl (C=O) groups excluding carboxylic acids is 1. The highest BCUT2D eigenvalue weighted by Gasteiger charge is 2.07. The number of aromatic nitrogens is 1. The Kier molecular flexibility index (Phi) is 2.25. The van der Waals surface area contributed by atoms with Crippen LogP contribution in [0.4, 0.5) is 0 Å². The third-order valence-corrected chi connectivity index (χ3v) is 1.43. The number of nitrogen functional groups attached to an aromatic ring is 1. The van der Waals surface area contributed by atoms with E-state index in [0.29, 0.717) is 5.69 Å². The quantitative estimate of drug-likeness (QED) is 0.293. The molecule has 0 aliphatic heterocycles. The van der Waals surface area contributed by atoms with Crippen molar-refractivity contribution in [2.45, 2.75) is 6.92 Å². The van der Waals surface area contributed by atoms with Gasteiger partial charge in [-0.1, -0.05) is 0 Å². The van der Waals surface area contributed by atoms with E-state index in [1.165, 1.54) is 6.07 Å². The minimum Gasteiger partial charge on any atom is -0.326 e. The molecule has 1 amide bonds. The topological polar surface area (TPSA) is 88.0 Å². The predicted octanol–water partition coefficient (Wildman–Crippen LogP) is -0.713. The van der Waals surface area contributed by atoms with Crippen molar-refractivity contribution in [3.05, 3.63) is 33.7 Å². The Bertz CT molecular complexity index is 356. The molecule has 0 fully saturated rings. The molecule has 0 saturated carbocycles. The van der Waals surface area contributed by atoms with Crippen molar-refractivity contribution in [3.63, 3.8) is 0 Å². The molecule has 0 aromatic carbocycles. The number of nitrogens with two attached hydrogens (primary N) is 1. The van der Waals surface area contributed by atoms with Gasteiger partial charge < -0.3 is 4.98 Å². The van der Waals surface area contributed by atoms with Gasteiger partial charge in [-0.3, -0.25) is 15.0 Å². The number of aromatic amines is 1. The van der Waals surface area contributed by atoms with Gasteiger partial charge in [-0.05, 0) is 19.1 Å². The zero-order valence-corrected chi connectivity index (χ0v) is 6.55.